The van der Waals surface area contributed by atoms with Gasteiger partial charge in [0.2, 0.25) is 10.0 Å². The summed E-state index contributed by atoms with van der Waals surface area (Å²) in [6.45, 7) is 6.59. The molecule has 0 aliphatic heterocycles. The van der Waals surface area contributed by atoms with Crippen molar-refractivity contribution >= 4 is 10.0 Å². The minimum Gasteiger partial charge on any atom is -0.349 e. The molecule has 0 atom stereocenters. The molecule has 1 N–H and O–H groups in total. The highest BCUT2D eigenvalue weighted by Crippen LogP contribution is 2.29. The number of hydrogen-bond donors (Lipinski definition) is 1. The molecule has 1 aliphatic carbocycles. The van der Waals surface area contributed by atoms with Gasteiger partial charge in [0.1, 0.15) is 4.90 Å². The molecule has 0 spiro atoms. The van der Waals surface area contributed by atoms with Crippen molar-refractivity contribution in [2.45, 2.75) is 63.6 Å². The Morgan fingerprint density at radius 3 is 2.62 bits per heavy atom. The minimum absolute atomic E-state index is 0.182. The van der Waals surface area contributed by atoms with Crippen LogP contribution in [0.25, 0.3) is 0 Å². The smallest absolute Gasteiger partial charge is 0.244 e. The maximum Gasteiger partial charge on any atom is 0.244 e. The Hall–Kier alpha value is -0.850. The summed E-state index contributed by atoms with van der Waals surface area (Å²) in [5.74, 6) is 0. The highest BCUT2D eigenvalue weighted by molar-refractivity contribution is 7.89. The van der Waals surface area contributed by atoms with Crippen LogP contribution < -0.4 is 5.32 Å². The summed E-state index contributed by atoms with van der Waals surface area (Å²) < 4.78 is 29.0. The van der Waals surface area contributed by atoms with E-state index in [1.54, 1.807) is 17.5 Å². The topological polar surface area (TPSA) is 54.3 Å². The highest BCUT2D eigenvalue weighted by Gasteiger charge is 2.32. The van der Waals surface area contributed by atoms with Crippen molar-refractivity contribution in [1.82, 2.24) is 14.2 Å². The molecule has 1 heterocycles. The zero-order valence-corrected chi connectivity index (χ0v) is 14.1. The summed E-state index contributed by atoms with van der Waals surface area (Å²) in [4.78, 5) is 0.429. The molecular weight excluding hydrogens is 286 g/mol. The van der Waals surface area contributed by atoms with E-state index in [9.17, 15) is 8.42 Å². The first kappa shape index (κ1) is 16.5. The monoisotopic (exact) mass is 313 g/mol. The average Bonchev–Trinajstić information content (AvgIpc) is 2.78. The number of nitrogens with zero attached hydrogens (tertiary/aromatic N) is 2. The highest BCUT2D eigenvalue weighted by atomic mass is 32.2. The van der Waals surface area contributed by atoms with Gasteiger partial charge >= 0.3 is 0 Å². The van der Waals surface area contributed by atoms with Gasteiger partial charge < -0.3 is 9.88 Å². The predicted molar refractivity (Wildman–Crippen MR) is 84.7 cm³/mol. The van der Waals surface area contributed by atoms with E-state index >= 15 is 0 Å². The molecule has 0 bridgehead atoms. The van der Waals surface area contributed by atoms with Gasteiger partial charge in [-0.05, 0) is 31.9 Å². The van der Waals surface area contributed by atoms with Gasteiger partial charge in [0.05, 0.1) is 0 Å². The van der Waals surface area contributed by atoms with Crippen LogP contribution in [0.3, 0.4) is 0 Å². The molecule has 1 aromatic heterocycles. The van der Waals surface area contributed by atoms with Crippen molar-refractivity contribution in [3.8, 4) is 0 Å². The molecule has 120 valence electrons. The van der Waals surface area contributed by atoms with Crippen molar-refractivity contribution in [3.63, 3.8) is 0 Å². The van der Waals surface area contributed by atoms with E-state index in [1.807, 2.05) is 6.07 Å². The molecule has 0 unspecified atom stereocenters. The van der Waals surface area contributed by atoms with Gasteiger partial charge in [0.15, 0.2) is 0 Å². The molecule has 1 saturated carbocycles. The SMILES string of the molecule is CCCn1cc(S(=O)(=O)N(C)C2CCC2)cc1CNCC. The first-order valence-electron chi connectivity index (χ1n) is 7.88. The van der Waals surface area contributed by atoms with Crippen molar-refractivity contribution < 1.29 is 8.42 Å². The number of nitrogens with one attached hydrogen (secondary N) is 1. The third kappa shape index (κ3) is 3.49. The van der Waals surface area contributed by atoms with Crippen LogP contribution in [0.15, 0.2) is 17.2 Å². The van der Waals surface area contributed by atoms with E-state index < -0.39 is 10.0 Å². The zero-order valence-electron chi connectivity index (χ0n) is 13.3. The molecule has 0 saturated heterocycles. The van der Waals surface area contributed by atoms with Crippen molar-refractivity contribution in [2.24, 2.45) is 0 Å². The van der Waals surface area contributed by atoms with Crippen LogP contribution in [0.2, 0.25) is 0 Å². The first-order valence-corrected chi connectivity index (χ1v) is 9.32. The van der Waals surface area contributed by atoms with Crippen LogP contribution in [0, 0.1) is 0 Å². The zero-order chi connectivity index (χ0) is 15.5. The Labute approximate surface area is 128 Å². The summed E-state index contributed by atoms with van der Waals surface area (Å²) in [7, 11) is -1.65. The number of aryl methyl sites for hydroxylation is 1. The lowest BCUT2D eigenvalue weighted by Gasteiger charge is -2.33. The van der Waals surface area contributed by atoms with E-state index in [2.05, 4.69) is 23.7 Å². The molecule has 2 rings (SSSR count). The Morgan fingerprint density at radius 1 is 1.38 bits per heavy atom. The first-order chi connectivity index (χ1) is 10.0. The number of aromatic nitrogens is 1. The largest absolute Gasteiger partial charge is 0.349 e. The quantitative estimate of drug-likeness (QED) is 0.800. The van der Waals surface area contributed by atoms with E-state index in [0.29, 0.717) is 11.4 Å². The average molecular weight is 313 g/mol. The molecule has 0 aromatic carbocycles. The fourth-order valence-corrected chi connectivity index (χ4v) is 4.11. The number of sulfonamides is 1. The third-order valence-corrected chi connectivity index (χ3v) is 6.12. The third-order valence-electron chi connectivity index (χ3n) is 4.25. The number of rotatable bonds is 8. The Kier molecular flexibility index (Phi) is 5.46. The van der Waals surface area contributed by atoms with Crippen LogP contribution >= 0.6 is 0 Å². The summed E-state index contributed by atoms with van der Waals surface area (Å²) in [6.07, 6.45) is 5.88. The molecule has 6 heteroatoms. The second-order valence-corrected chi connectivity index (χ2v) is 7.74. The van der Waals surface area contributed by atoms with Gasteiger partial charge in [-0.15, -0.1) is 0 Å². The summed E-state index contributed by atoms with van der Waals surface area (Å²) >= 11 is 0. The van der Waals surface area contributed by atoms with E-state index in [4.69, 9.17) is 0 Å². The van der Waals surface area contributed by atoms with E-state index in [-0.39, 0.29) is 6.04 Å². The molecule has 0 radical (unpaired) electrons. The molecular formula is C15H27N3O2S. The lowest BCUT2D eigenvalue weighted by molar-refractivity contribution is 0.249. The van der Waals surface area contributed by atoms with Crippen LogP contribution in [-0.2, 0) is 23.1 Å². The lowest BCUT2D eigenvalue weighted by Crippen LogP contribution is -2.41. The standard InChI is InChI=1S/C15H27N3O2S/c1-4-9-18-12-15(10-14(18)11-16-5-2)21(19,20)17(3)13-7-6-8-13/h10,12-13,16H,4-9,11H2,1-3H3. The minimum atomic E-state index is -3.36. The Balaban J connectivity index is 2.25. The number of hydrogen-bond acceptors (Lipinski definition) is 3. The second kappa shape index (κ2) is 6.94. The van der Waals surface area contributed by atoms with Crippen molar-refractivity contribution in [3.05, 3.63) is 18.0 Å². The maximum atomic E-state index is 12.7. The van der Waals surface area contributed by atoms with Crippen molar-refractivity contribution in [2.75, 3.05) is 13.6 Å². The predicted octanol–water partition coefficient (Wildman–Crippen LogP) is 2.18. The summed E-state index contributed by atoms with van der Waals surface area (Å²) in [6, 6.07) is 2.00. The molecule has 0 amide bonds. The van der Waals surface area contributed by atoms with E-state index in [1.165, 1.54) is 0 Å². The van der Waals surface area contributed by atoms with Gasteiger partial charge in [0.25, 0.3) is 0 Å². The van der Waals surface area contributed by atoms with Gasteiger partial charge in [-0.3, -0.25) is 0 Å². The maximum absolute atomic E-state index is 12.7. The van der Waals surface area contributed by atoms with Gasteiger partial charge in [0, 0.05) is 38.1 Å². The van der Waals surface area contributed by atoms with Gasteiger partial charge in [-0.2, -0.15) is 4.31 Å². The summed E-state index contributed by atoms with van der Waals surface area (Å²) in [5, 5.41) is 3.27. The molecule has 1 aliphatic rings. The fraction of sp³-hybridized carbons (Fsp3) is 0.733. The Morgan fingerprint density at radius 2 is 2.10 bits per heavy atom. The van der Waals surface area contributed by atoms with Crippen LogP contribution in [-0.4, -0.2) is 36.9 Å². The van der Waals surface area contributed by atoms with E-state index in [0.717, 1.165) is 44.5 Å². The lowest BCUT2D eigenvalue weighted by atomic mass is 9.94. The van der Waals surface area contributed by atoms with Crippen LogP contribution in [0.5, 0.6) is 0 Å². The molecule has 21 heavy (non-hydrogen) atoms. The van der Waals surface area contributed by atoms with Crippen LogP contribution in [0.1, 0.15) is 45.2 Å². The van der Waals surface area contributed by atoms with Gasteiger partial charge in [-0.25, -0.2) is 8.42 Å². The summed E-state index contributed by atoms with van der Waals surface area (Å²) in [5.41, 5.74) is 1.04. The normalized spacial score (nSPS) is 16.4. The molecule has 1 fully saturated rings. The van der Waals surface area contributed by atoms with Crippen molar-refractivity contribution in [1.29, 1.82) is 0 Å². The Bertz CT molecular complexity index is 561. The fourth-order valence-electron chi connectivity index (χ4n) is 2.63. The van der Waals surface area contributed by atoms with Crippen LogP contribution in [0.4, 0.5) is 0 Å². The second-order valence-electron chi connectivity index (χ2n) is 5.75. The van der Waals surface area contributed by atoms with Gasteiger partial charge in [-0.1, -0.05) is 20.3 Å². The molecule has 1 aromatic rings. The molecule has 5 nitrogen and oxygen atoms in total.